The van der Waals surface area contributed by atoms with Gasteiger partial charge in [-0.2, -0.15) is 0 Å². The Morgan fingerprint density at radius 1 is 1.26 bits per heavy atom. The number of hydrogen-bond acceptors (Lipinski definition) is 7. The van der Waals surface area contributed by atoms with Crippen molar-refractivity contribution in [1.82, 2.24) is 5.48 Å². The summed E-state index contributed by atoms with van der Waals surface area (Å²) in [5.74, 6) is -1.53. The average molecular weight is 450 g/mol. The van der Waals surface area contributed by atoms with Gasteiger partial charge in [0.15, 0.2) is 14.6 Å². The molecule has 0 fully saturated rings. The first-order valence-electron chi connectivity index (χ1n) is 9.46. The maximum absolute atomic E-state index is 14.7. The zero-order valence-electron chi connectivity index (χ0n) is 17.0. The van der Waals surface area contributed by atoms with E-state index in [2.05, 4.69) is 5.16 Å². The number of hydrogen-bond donors (Lipinski definition) is 3. The maximum atomic E-state index is 14.7. The van der Waals surface area contributed by atoms with E-state index in [1.165, 1.54) is 18.5 Å². The van der Waals surface area contributed by atoms with Crippen LogP contribution in [0.2, 0.25) is 0 Å². The topological polar surface area (TPSA) is 125 Å². The third-order valence-corrected chi connectivity index (χ3v) is 7.49. The standard InChI is InChI=1S/C21H23FN2O6S/c1-21(20(26)23-27,31(2,28)29)11-16-10-19(24-30-16)15-7-8-17(18(22)9-15)14-5-3-13(12-25)4-6-14/h3-9,16,25,27H,10-12H2,1-2H3,(H,23,26)/t16-,21?/m1/s1. The zero-order valence-corrected chi connectivity index (χ0v) is 17.8. The van der Waals surface area contributed by atoms with Gasteiger partial charge in [-0.1, -0.05) is 41.6 Å². The van der Waals surface area contributed by atoms with Crippen molar-refractivity contribution in [3.05, 3.63) is 59.4 Å². The normalized spacial score (nSPS) is 18.1. The predicted octanol–water partition coefficient (Wildman–Crippen LogP) is 2.18. The first kappa shape index (κ1) is 22.9. The number of amides is 1. The van der Waals surface area contributed by atoms with E-state index in [0.717, 1.165) is 11.8 Å². The van der Waals surface area contributed by atoms with Crippen molar-refractivity contribution in [3.63, 3.8) is 0 Å². The molecule has 1 aliphatic rings. The maximum Gasteiger partial charge on any atom is 0.264 e. The summed E-state index contributed by atoms with van der Waals surface area (Å²) in [5.41, 5.74) is 4.05. The van der Waals surface area contributed by atoms with Gasteiger partial charge in [-0.3, -0.25) is 10.0 Å². The van der Waals surface area contributed by atoms with Crippen molar-refractivity contribution >= 4 is 21.5 Å². The van der Waals surface area contributed by atoms with E-state index in [0.29, 0.717) is 22.4 Å². The van der Waals surface area contributed by atoms with Crippen molar-refractivity contribution < 1.29 is 32.8 Å². The molecule has 3 N–H and O–H groups in total. The monoisotopic (exact) mass is 450 g/mol. The molecular weight excluding hydrogens is 427 g/mol. The van der Waals surface area contributed by atoms with Crippen LogP contribution in [0, 0.1) is 5.82 Å². The molecule has 8 nitrogen and oxygen atoms in total. The highest BCUT2D eigenvalue weighted by Gasteiger charge is 2.47. The molecule has 10 heteroatoms. The van der Waals surface area contributed by atoms with Gasteiger partial charge in [-0.05, 0) is 24.1 Å². The molecule has 0 aromatic heterocycles. The molecule has 2 aromatic carbocycles. The van der Waals surface area contributed by atoms with Gasteiger partial charge in [0.25, 0.3) is 5.91 Å². The second kappa shape index (κ2) is 8.74. The summed E-state index contributed by atoms with van der Waals surface area (Å²) in [4.78, 5) is 17.3. The summed E-state index contributed by atoms with van der Waals surface area (Å²) < 4.78 is 37.1. The summed E-state index contributed by atoms with van der Waals surface area (Å²) in [5, 5.41) is 22.0. The number of rotatable bonds is 7. The fraction of sp³-hybridized carbons (Fsp3) is 0.333. The Hall–Kier alpha value is -2.82. The Kier molecular flexibility index (Phi) is 6.44. The lowest BCUT2D eigenvalue weighted by Crippen LogP contribution is -2.51. The first-order valence-corrected chi connectivity index (χ1v) is 11.3. The van der Waals surface area contributed by atoms with Crippen LogP contribution >= 0.6 is 0 Å². The van der Waals surface area contributed by atoms with Crippen molar-refractivity contribution in [2.75, 3.05) is 6.26 Å². The van der Waals surface area contributed by atoms with E-state index < -0.39 is 32.4 Å². The Morgan fingerprint density at radius 2 is 1.90 bits per heavy atom. The first-order chi connectivity index (χ1) is 14.6. The molecule has 1 amide bonds. The van der Waals surface area contributed by atoms with E-state index in [4.69, 9.17) is 15.2 Å². The molecule has 31 heavy (non-hydrogen) atoms. The van der Waals surface area contributed by atoms with Crippen molar-refractivity contribution in [1.29, 1.82) is 0 Å². The summed E-state index contributed by atoms with van der Waals surface area (Å²) in [6, 6.07) is 11.5. The van der Waals surface area contributed by atoms with E-state index >= 15 is 0 Å². The molecule has 0 radical (unpaired) electrons. The number of oxime groups is 1. The van der Waals surface area contributed by atoms with Crippen LogP contribution in [-0.4, -0.2) is 47.5 Å². The van der Waals surface area contributed by atoms with Crippen molar-refractivity contribution in [2.45, 2.75) is 37.2 Å². The van der Waals surface area contributed by atoms with Gasteiger partial charge in [0, 0.05) is 30.2 Å². The van der Waals surface area contributed by atoms with Gasteiger partial charge in [-0.25, -0.2) is 18.3 Å². The predicted molar refractivity (Wildman–Crippen MR) is 112 cm³/mol. The summed E-state index contributed by atoms with van der Waals surface area (Å²) in [6.45, 7) is 1.10. The molecule has 3 rings (SSSR count). The van der Waals surface area contributed by atoms with Crippen LogP contribution in [0.4, 0.5) is 4.39 Å². The van der Waals surface area contributed by atoms with Crippen LogP contribution in [0.1, 0.15) is 30.9 Å². The molecule has 0 aliphatic carbocycles. The van der Waals surface area contributed by atoms with E-state index in [1.54, 1.807) is 36.4 Å². The van der Waals surface area contributed by atoms with E-state index in [-0.39, 0.29) is 19.4 Å². The van der Waals surface area contributed by atoms with Gasteiger partial charge in [-0.15, -0.1) is 0 Å². The molecule has 0 bridgehead atoms. The SMILES string of the molecule is CC(C[C@H]1CC(c2ccc(-c3ccc(CO)cc3)c(F)c2)=NO1)(C(=O)NO)S(C)(=O)=O. The summed E-state index contributed by atoms with van der Waals surface area (Å²) >= 11 is 0. The minimum atomic E-state index is -3.87. The summed E-state index contributed by atoms with van der Waals surface area (Å²) in [6.07, 6.45) is 0.109. The fourth-order valence-corrected chi connectivity index (χ4v) is 4.26. The third kappa shape index (κ3) is 4.60. The minimum absolute atomic E-state index is 0.0962. The van der Waals surface area contributed by atoms with Crippen LogP contribution in [-0.2, 0) is 26.1 Å². The Morgan fingerprint density at radius 3 is 2.45 bits per heavy atom. The Balaban J connectivity index is 1.76. The molecule has 1 aliphatic heterocycles. The molecule has 0 saturated carbocycles. The lowest BCUT2D eigenvalue weighted by molar-refractivity contribution is -0.132. The number of aliphatic hydroxyl groups is 1. The number of sulfone groups is 1. The number of nitrogens with zero attached hydrogens (tertiary/aromatic N) is 1. The number of benzene rings is 2. The Labute approximate surface area is 179 Å². The molecule has 0 spiro atoms. The zero-order chi connectivity index (χ0) is 22.8. The molecule has 0 saturated heterocycles. The third-order valence-electron chi connectivity index (χ3n) is 5.50. The number of halogens is 1. The quantitative estimate of drug-likeness (QED) is 0.439. The molecule has 2 aromatic rings. The van der Waals surface area contributed by atoms with Crippen LogP contribution in [0.5, 0.6) is 0 Å². The van der Waals surface area contributed by atoms with Gasteiger partial charge >= 0.3 is 0 Å². The molecular formula is C21H23FN2O6S. The Bertz CT molecular complexity index is 1120. The second-order valence-electron chi connectivity index (χ2n) is 7.67. The van der Waals surface area contributed by atoms with Gasteiger partial charge in [0.1, 0.15) is 11.9 Å². The lowest BCUT2D eigenvalue weighted by atomic mass is 9.95. The largest absolute Gasteiger partial charge is 0.392 e. The number of hydroxylamine groups is 1. The number of nitrogens with one attached hydrogen (secondary N) is 1. The highest BCUT2D eigenvalue weighted by Crippen LogP contribution is 2.31. The number of carbonyl (C=O) groups excluding carboxylic acids is 1. The van der Waals surface area contributed by atoms with Crippen LogP contribution < -0.4 is 5.48 Å². The molecule has 1 heterocycles. The van der Waals surface area contributed by atoms with Gasteiger partial charge in [0.2, 0.25) is 0 Å². The fourth-order valence-electron chi connectivity index (χ4n) is 3.39. The van der Waals surface area contributed by atoms with Gasteiger partial charge in [0.05, 0.1) is 12.3 Å². The summed E-state index contributed by atoms with van der Waals surface area (Å²) in [7, 11) is -3.87. The highest BCUT2D eigenvalue weighted by molar-refractivity contribution is 7.92. The van der Waals surface area contributed by atoms with Crippen molar-refractivity contribution in [2.24, 2.45) is 5.16 Å². The molecule has 166 valence electrons. The van der Waals surface area contributed by atoms with E-state index in [1.807, 2.05) is 0 Å². The lowest BCUT2D eigenvalue weighted by Gasteiger charge is -2.26. The van der Waals surface area contributed by atoms with Crippen LogP contribution in [0.25, 0.3) is 11.1 Å². The van der Waals surface area contributed by atoms with E-state index in [9.17, 15) is 17.6 Å². The van der Waals surface area contributed by atoms with Crippen LogP contribution in [0.15, 0.2) is 47.6 Å². The average Bonchev–Trinajstić information content (AvgIpc) is 3.20. The molecule has 2 atom stereocenters. The van der Waals surface area contributed by atoms with Crippen molar-refractivity contribution in [3.8, 4) is 11.1 Å². The molecule has 1 unspecified atom stereocenters. The van der Waals surface area contributed by atoms with Gasteiger partial charge < -0.3 is 9.94 Å². The van der Waals surface area contributed by atoms with Crippen LogP contribution in [0.3, 0.4) is 0 Å². The number of carbonyl (C=O) groups is 1. The number of aliphatic hydroxyl groups excluding tert-OH is 1. The minimum Gasteiger partial charge on any atom is -0.392 e. The second-order valence-corrected chi connectivity index (χ2v) is 10.1. The highest BCUT2D eigenvalue weighted by atomic mass is 32.2. The smallest absolute Gasteiger partial charge is 0.264 e.